The Morgan fingerprint density at radius 3 is 2.67 bits per heavy atom. The summed E-state index contributed by atoms with van der Waals surface area (Å²) in [6.07, 6.45) is 5.67. The number of allylic oxidation sites excluding steroid dienone is 1. The molecule has 0 saturated carbocycles. The van der Waals surface area contributed by atoms with Crippen molar-refractivity contribution in [2.75, 3.05) is 24.7 Å². The number of anilines is 1. The summed E-state index contributed by atoms with van der Waals surface area (Å²) >= 11 is 1.35. The van der Waals surface area contributed by atoms with E-state index < -0.39 is 41.7 Å². The lowest BCUT2D eigenvalue weighted by atomic mass is 10.1. The van der Waals surface area contributed by atoms with Gasteiger partial charge < -0.3 is 20.6 Å². The number of nitrogens with one attached hydrogen (secondary N) is 3. The lowest BCUT2D eigenvalue weighted by molar-refractivity contribution is -0.140. The van der Waals surface area contributed by atoms with Crippen LogP contribution in [-0.2, 0) is 25.0 Å². The second-order valence-electron chi connectivity index (χ2n) is 8.95. The summed E-state index contributed by atoms with van der Waals surface area (Å²) in [5.41, 5.74) is 3.23. The van der Waals surface area contributed by atoms with Crippen molar-refractivity contribution in [3.05, 3.63) is 70.6 Å². The maximum absolute atomic E-state index is 13.2. The topological polar surface area (TPSA) is 155 Å². The minimum atomic E-state index is -1.21. The van der Waals surface area contributed by atoms with Crippen molar-refractivity contribution >= 4 is 35.2 Å². The van der Waals surface area contributed by atoms with Gasteiger partial charge in [-0.3, -0.25) is 28.8 Å². The van der Waals surface area contributed by atoms with Gasteiger partial charge in [0.2, 0.25) is 5.91 Å². The lowest BCUT2D eigenvalue weighted by Gasteiger charge is -2.22. The van der Waals surface area contributed by atoms with Crippen LogP contribution in [0.25, 0.3) is 0 Å². The first-order chi connectivity index (χ1) is 18.8. The molecule has 4 N–H and O–H groups in total. The SMILES string of the molecule is CC[C@@H](C(=O)N[C@@H](CC(=O)O)C(=O)CSCc1ccccc1)n1ccnc(NCCCC2=CN(C)NO2)c1=O. The van der Waals surface area contributed by atoms with E-state index in [-0.39, 0.29) is 18.0 Å². The number of carboxylic acids is 1. The Morgan fingerprint density at radius 1 is 1.23 bits per heavy atom. The fourth-order valence-electron chi connectivity index (χ4n) is 3.92. The Morgan fingerprint density at radius 2 is 2.00 bits per heavy atom. The molecule has 1 aromatic carbocycles. The van der Waals surface area contributed by atoms with Gasteiger partial charge in [-0.2, -0.15) is 0 Å². The van der Waals surface area contributed by atoms with Gasteiger partial charge in [-0.15, -0.1) is 11.8 Å². The molecule has 3 rings (SSSR count). The number of carboxylic acid groups (broad SMARTS) is 1. The smallest absolute Gasteiger partial charge is 0.305 e. The Kier molecular flexibility index (Phi) is 11.4. The molecule has 0 saturated heterocycles. The van der Waals surface area contributed by atoms with Gasteiger partial charge in [0.05, 0.1) is 24.4 Å². The van der Waals surface area contributed by atoms with Crippen LogP contribution in [0.1, 0.15) is 44.2 Å². The van der Waals surface area contributed by atoms with Crippen molar-refractivity contribution in [3.63, 3.8) is 0 Å². The number of hydrogen-bond acceptors (Lipinski definition) is 10. The molecule has 1 aliphatic heterocycles. The fraction of sp³-hybridized carbons (Fsp3) is 0.423. The summed E-state index contributed by atoms with van der Waals surface area (Å²) in [6.45, 7) is 2.18. The molecule has 1 aliphatic rings. The molecule has 1 aromatic heterocycles. The number of benzene rings is 1. The molecular formula is C26H34N6O6S. The number of carbonyl (C=O) groups excluding carboxylic acids is 2. The van der Waals surface area contributed by atoms with E-state index in [1.54, 1.807) is 11.9 Å². The molecule has 2 heterocycles. The molecule has 0 fully saturated rings. The number of Topliss-reactive ketones (excluding diaryl/α,β-unsaturated/α-hetero) is 1. The Hall–Kier alpha value is -3.84. The number of aliphatic carboxylic acids is 1. The molecule has 0 unspecified atom stereocenters. The Labute approximate surface area is 230 Å². The summed E-state index contributed by atoms with van der Waals surface area (Å²) in [5, 5.41) is 16.6. The zero-order chi connectivity index (χ0) is 28.2. The molecule has 39 heavy (non-hydrogen) atoms. The molecule has 0 radical (unpaired) electrons. The zero-order valence-corrected chi connectivity index (χ0v) is 22.8. The number of ketones is 1. The van der Waals surface area contributed by atoms with Crippen molar-refractivity contribution in [1.82, 2.24) is 25.5 Å². The van der Waals surface area contributed by atoms with E-state index in [0.29, 0.717) is 25.1 Å². The van der Waals surface area contributed by atoms with Crippen molar-refractivity contribution in [2.24, 2.45) is 0 Å². The highest BCUT2D eigenvalue weighted by Crippen LogP contribution is 2.15. The number of carbonyl (C=O) groups is 3. The number of hydrogen-bond donors (Lipinski definition) is 4. The Balaban J connectivity index is 1.60. The lowest BCUT2D eigenvalue weighted by Crippen LogP contribution is -2.47. The van der Waals surface area contributed by atoms with Crippen LogP contribution in [0.2, 0.25) is 0 Å². The fourth-order valence-corrected chi connectivity index (χ4v) is 4.85. The molecule has 0 spiro atoms. The third-order valence-corrected chi connectivity index (χ3v) is 6.91. The number of nitrogens with zero attached hydrogens (tertiary/aromatic N) is 3. The quantitative estimate of drug-likeness (QED) is 0.224. The van der Waals surface area contributed by atoms with Crippen LogP contribution >= 0.6 is 11.8 Å². The molecule has 12 nitrogen and oxygen atoms in total. The minimum Gasteiger partial charge on any atom is -0.481 e. The maximum atomic E-state index is 13.2. The molecule has 210 valence electrons. The van der Waals surface area contributed by atoms with Gasteiger partial charge in [0.1, 0.15) is 11.8 Å². The van der Waals surface area contributed by atoms with Crippen molar-refractivity contribution < 1.29 is 24.3 Å². The Bertz CT molecular complexity index is 1220. The van der Waals surface area contributed by atoms with Crippen LogP contribution in [-0.4, -0.2) is 62.7 Å². The standard InChI is InChI=1S/C26H34N6O6S/c1-3-21(32-13-12-28-24(26(32)37)27-11-7-10-19-15-31(2)30-38-19)25(36)29-20(14-23(34)35)22(33)17-39-16-18-8-5-4-6-9-18/h4-6,8-9,12-13,15,20-21,30H,3,7,10-11,14,16-17H2,1-2H3,(H,27,28)(H,29,36)(H,34,35)/t20-,21-/m0/s1. The summed E-state index contributed by atoms with van der Waals surface area (Å²) in [7, 11) is 1.81. The van der Waals surface area contributed by atoms with Gasteiger partial charge in [-0.1, -0.05) is 42.8 Å². The number of thioether (sulfide) groups is 1. The van der Waals surface area contributed by atoms with Crippen LogP contribution < -0.4 is 21.8 Å². The predicted octanol–water partition coefficient (Wildman–Crippen LogP) is 2.07. The summed E-state index contributed by atoms with van der Waals surface area (Å²) in [5.74, 6) is -0.719. The normalized spacial score (nSPS) is 14.2. The second kappa shape index (κ2) is 14.9. The van der Waals surface area contributed by atoms with Gasteiger partial charge in [0.25, 0.3) is 5.56 Å². The second-order valence-corrected chi connectivity index (χ2v) is 9.93. The van der Waals surface area contributed by atoms with Gasteiger partial charge in [-0.05, 0) is 18.4 Å². The van der Waals surface area contributed by atoms with Gasteiger partial charge in [0, 0.05) is 38.2 Å². The zero-order valence-electron chi connectivity index (χ0n) is 22.0. The van der Waals surface area contributed by atoms with Gasteiger partial charge in [-0.25, -0.2) is 4.98 Å². The van der Waals surface area contributed by atoms with Gasteiger partial charge in [0.15, 0.2) is 11.6 Å². The van der Waals surface area contributed by atoms with Crippen LogP contribution in [0.5, 0.6) is 0 Å². The number of aromatic nitrogens is 2. The average Bonchev–Trinajstić information content (AvgIpc) is 3.33. The molecule has 1 amide bonds. The third kappa shape index (κ3) is 9.14. The van der Waals surface area contributed by atoms with E-state index in [0.717, 1.165) is 11.3 Å². The molecule has 2 aromatic rings. The first-order valence-corrected chi connectivity index (χ1v) is 13.8. The van der Waals surface area contributed by atoms with Crippen LogP contribution in [0.3, 0.4) is 0 Å². The van der Waals surface area contributed by atoms with E-state index in [2.05, 4.69) is 21.2 Å². The van der Waals surface area contributed by atoms with E-state index >= 15 is 0 Å². The largest absolute Gasteiger partial charge is 0.481 e. The molecule has 0 bridgehead atoms. The van der Waals surface area contributed by atoms with E-state index in [1.165, 1.54) is 28.7 Å². The van der Waals surface area contributed by atoms with Crippen molar-refractivity contribution in [1.29, 1.82) is 0 Å². The van der Waals surface area contributed by atoms with Gasteiger partial charge >= 0.3 is 5.97 Å². The number of rotatable bonds is 16. The molecule has 2 atom stereocenters. The average molecular weight is 559 g/mol. The van der Waals surface area contributed by atoms with E-state index in [4.69, 9.17) is 4.84 Å². The van der Waals surface area contributed by atoms with Crippen LogP contribution in [0.4, 0.5) is 5.82 Å². The summed E-state index contributed by atoms with van der Waals surface area (Å²) in [4.78, 5) is 59.9. The monoisotopic (exact) mass is 558 g/mol. The highest BCUT2D eigenvalue weighted by molar-refractivity contribution is 7.99. The number of hydrazine groups is 1. The molecule has 13 heteroatoms. The summed E-state index contributed by atoms with van der Waals surface area (Å²) in [6, 6.07) is 7.43. The first kappa shape index (κ1) is 29.7. The first-order valence-electron chi connectivity index (χ1n) is 12.6. The van der Waals surface area contributed by atoms with Crippen molar-refractivity contribution in [2.45, 2.75) is 50.4 Å². The van der Waals surface area contributed by atoms with E-state index in [1.807, 2.05) is 43.6 Å². The third-order valence-electron chi connectivity index (χ3n) is 5.88. The van der Waals surface area contributed by atoms with Crippen molar-refractivity contribution in [3.8, 4) is 0 Å². The maximum Gasteiger partial charge on any atom is 0.305 e. The molecule has 0 aliphatic carbocycles. The predicted molar refractivity (Wildman–Crippen MR) is 147 cm³/mol. The summed E-state index contributed by atoms with van der Waals surface area (Å²) < 4.78 is 1.25. The van der Waals surface area contributed by atoms with Crippen LogP contribution in [0.15, 0.2) is 59.5 Å². The minimum absolute atomic E-state index is 0.0431. The highest BCUT2D eigenvalue weighted by Gasteiger charge is 2.28. The number of amides is 1. The molecular weight excluding hydrogens is 524 g/mol. The van der Waals surface area contributed by atoms with E-state index in [9.17, 15) is 24.3 Å². The van der Waals surface area contributed by atoms with Crippen LogP contribution in [0, 0.1) is 0 Å². The highest BCUT2D eigenvalue weighted by atomic mass is 32.2.